The van der Waals surface area contributed by atoms with Crippen LogP contribution in [0.25, 0.3) is 22.3 Å². The quantitative estimate of drug-likeness (QED) is 0.671. The van der Waals surface area contributed by atoms with Crippen LogP contribution in [0, 0.1) is 0 Å². The fourth-order valence-corrected chi connectivity index (χ4v) is 2.10. The lowest BCUT2D eigenvalue weighted by Gasteiger charge is -2.06. The monoisotopic (exact) mass is 256 g/mol. The molecular formula is C14H9ClN2O. The SMILES string of the molecule is O=c1c2ccccc2nc(-c2ccccc2)n1Cl. The van der Waals surface area contributed by atoms with E-state index in [0.29, 0.717) is 16.7 Å². The molecule has 4 heteroatoms. The molecule has 0 spiro atoms. The van der Waals surface area contributed by atoms with Crippen LogP contribution in [0.3, 0.4) is 0 Å². The molecule has 0 saturated carbocycles. The van der Waals surface area contributed by atoms with Crippen molar-refractivity contribution in [1.29, 1.82) is 0 Å². The van der Waals surface area contributed by atoms with Crippen molar-refractivity contribution in [3.05, 3.63) is 65.0 Å². The predicted octanol–water partition coefficient (Wildman–Crippen LogP) is 3.07. The lowest BCUT2D eigenvalue weighted by atomic mass is 10.2. The van der Waals surface area contributed by atoms with Gasteiger partial charge in [0.25, 0.3) is 5.56 Å². The molecule has 3 nitrogen and oxygen atoms in total. The van der Waals surface area contributed by atoms with Gasteiger partial charge in [-0.2, -0.15) is 4.09 Å². The number of para-hydroxylation sites is 1. The molecule has 0 aliphatic rings. The summed E-state index contributed by atoms with van der Waals surface area (Å²) in [6, 6.07) is 16.6. The van der Waals surface area contributed by atoms with Crippen molar-refractivity contribution in [2.45, 2.75) is 0 Å². The molecule has 0 N–H and O–H groups in total. The van der Waals surface area contributed by atoms with Crippen LogP contribution in [-0.2, 0) is 0 Å². The number of halogens is 1. The molecule has 1 aromatic heterocycles. The Morgan fingerprint density at radius 2 is 1.61 bits per heavy atom. The highest BCUT2D eigenvalue weighted by atomic mass is 35.5. The molecule has 0 radical (unpaired) electrons. The lowest BCUT2D eigenvalue weighted by Crippen LogP contribution is -2.16. The van der Waals surface area contributed by atoms with Gasteiger partial charge in [0, 0.05) is 17.3 Å². The smallest absolute Gasteiger partial charge is 0.267 e. The van der Waals surface area contributed by atoms with Crippen LogP contribution in [0.1, 0.15) is 0 Å². The van der Waals surface area contributed by atoms with Crippen molar-refractivity contribution in [2.24, 2.45) is 0 Å². The minimum Gasteiger partial charge on any atom is -0.267 e. The minimum absolute atomic E-state index is 0.249. The molecule has 0 aliphatic heterocycles. The topological polar surface area (TPSA) is 34.9 Å². The number of hydrogen-bond acceptors (Lipinski definition) is 2. The summed E-state index contributed by atoms with van der Waals surface area (Å²) in [6.45, 7) is 0. The standard InChI is InChI=1S/C14H9ClN2O/c15-17-13(10-6-2-1-3-7-10)16-12-9-5-4-8-11(12)14(17)18/h1-9H. The highest BCUT2D eigenvalue weighted by Gasteiger charge is 2.10. The summed E-state index contributed by atoms with van der Waals surface area (Å²) in [4.78, 5) is 16.6. The molecule has 1 heterocycles. The average molecular weight is 257 g/mol. The second-order valence-corrected chi connectivity index (χ2v) is 4.24. The molecule has 0 unspecified atom stereocenters. The predicted molar refractivity (Wildman–Crippen MR) is 72.7 cm³/mol. The van der Waals surface area contributed by atoms with Crippen molar-refractivity contribution in [3.63, 3.8) is 0 Å². The van der Waals surface area contributed by atoms with E-state index in [4.69, 9.17) is 11.8 Å². The molecule has 3 rings (SSSR count). The molecule has 0 amide bonds. The Bertz CT molecular complexity index is 766. The van der Waals surface area contributed by atoms with Gasteiger partial charge >= 0.3 is 0 Å². The van der Waals surface area contributed by atoms with Gasteiger partial charge < -0.3 is 0 Å². The van der Waals surface area contributed by atoms with Crippen molar-refractivity contribution in [3.8, 4) is 11.4 Å². The zero-order valence-corrected chi connectivity index (χ0v) is 10.1. The molecule has 88 valence electrons. The first-order valence-corrected chi connectivity index (χ1v) is 5.84. The fourth-order valence-electron chi connectivity index (χ4n) is 1.88. The van der Waals surface area contributed by atoms with Gasteiger partial charge in [-0.15, -0.1) is 0 Å². The van der Waals surface area contributed by atoms with Crippen LogP contribution in [-0.4, -0.2) is 9.07 Å². The first kappa shape index (κ1) is 11.0. The lowest BCUT2D eigenvalue weighted by molar-refractivity contribution is 1.09. The molecule has 0 aliphatic carbocycles. The van der Waals surface area contributed by atoms with Crippen LogP contribution < -0.4 is 5.56 Å². The number of nitrogens with zero attached hydrogens (tertiary/aromatic N) is 2. The third-order valence-corrected chi connectivity index (χ3v) is 3.07. The Hall–Kier alpha value is -2.13. The normalized spacial score (nSPS) is 10.7. The Morgan fingerprint density at radius 1 is 0.944 bits per heavy atom. The van der Waals surface area contributed by atoms with Crippen molar-refractivity contribution in [1.82, 2.24) is 9.07 Å². The van der Waals surface area contributed by atoms with E-state index in [1.165, 1.54) is 0 Å². The molecule has 0 bridgehead atoms. The summed E-state index contributed by atoms with van der Waals surface area (Å²) in [5.74, 6) is 0.459. The highest BCUT2D eigenvalue weighted by molar-refractivity contribution is 6.17. The van der Waals surface area contributed by atoms with Crippen molar-refractivity contribution >= 4 is 22.7 Å². The molecule has 0 atom stereocenters. The first-order valence-electron chi connectivity index (χ1n) is 5.51. The largest absolute Gasteiger partial charge is 0.276 e. The van der Waals surface area contributed by atoms with Gasteiger partial charge in [0.1, 0.15) is 0 Å². The second kappa shape index (κ2) is 4.27. The van der Waals surface area contributed by atoms with Gasteiger partial charge in [-0.3, -0.25) is 4.79 Å². The van der Waals surface area contributed by atoms with Gasteiger partial charge in [0.2, 0.25) is 0 Å². The van der Waals surface area contributed by atoms with E-state index in [2.05, 4.69) is 4.98 Å². The Balaban J connectivity index is 2.38. The van der Waals surface area contributed by atoms with Gasteiger partial charge in [-0.05, 0) is 12.1 Å². The van der Waals surface area contributed by atoms with Crippen LogP contribution >= 0.6 is 11.8 Å². The first-order chi connectivity index (χ1) is 8.77. The summed E-state index contributed by atoms with van der Waals surface area (Å²) in [7, 11) is 0. The van der Waals surface area contributed by atoms with Gasteiger partial charge in [0.05, 0.1) is 10.9 Å². The van der Waals surface area contributed by atoms with Crippen LogP contribution in [0.4, 0.5) is 0 Å². The summed E-state index contributed by atoms with van der Waals surface area (Å²) in [6.07, 6.45) is 0. The summed E-state index contributed by atoms with van der Waals surface area (Å²) < 4.78 is 1.07. The molecule has 18 heavy (non-hydrogen) atoms. The average Bonchev–Trinajstić information content (AvgIpc) is 2.44. The van der Waals surface area contributed by atoms with E-state index in [9.17, 15) is 4.79 Å². The molecule has 3 aromatic rings. The zero-order valence-electron chi connectivity index (χ0n) is 9.38. The zero-order chi connectivity index (χ0) is 12.5. The number of hydrogen-bond donors (Lipinski definition) is 0. The van der Waals surface area contributed by atoms with Gasteiger partial charge in [-0.1, -0.05) is 42.5 Å². The Morgan fingerprint density at radius 3 is 2.39 bits per heavy atom. The minimum atomic E-state index is -0.249. The number of aromatic nitrogens is 2. The maximum Gasteiger partial charge on any atom is 0.276 e. The number of rotatable bonds is 1. The molecular weight excluding hydrogens is 248 g/mol. The van der Waals surface area contributed by atoms with E-state index >= 15 is 0 Å². The molecule has 0 fully saturated rings. The van der Waals surface area contributed by atoms with Crippen LogP contribution in [0.2, 0.25) is 0 Å². The Labute approximate surface area is 108 Å². The highest BCUT2D eigenvalue weighted by Crippen LogP contribution is 2.18. The van der Waals surface area contributed by atoms with E-state index in [1.54, 1.807) is 18.2 Å². The third kappa shape index (κ3) is 1.69. The second-order valence-electron chi connectivity index (χ2n) is 3.90. The van der Waals surface area contributed by atoms with E-state index in [0.717, 1.165) is 9.65 Å². The van der Waals surface area contributed by atoms with Gasteiger partial charge in [0.15, 0.2) is 5.82 Å². The summed E-state index contributed by atoms with van der Waals surface area (Å²) in [5, 5.41) is 0.521. The summed E-state index contributed by atoms with van der Waals surface area (Å²) >= 11 is 6.05. The fraction of sp³-hybridized carbons (Fsp3) is 0. The third-order valence-electron chi connectivity index (χ3n) is 2.76. The van der Waals surface area contributed by atoms with Gasteiger partial charge in [-0.25, -0.2) is 4.98 Å². The maximum absolute atomic E-state index is 12.1. The molecule has 2 aromatic carbocycles. The van der Waals surface area contributed by atoms with Crippen molar-refractivity contribution in [2.75, 3.05) is 0 Å². The molecule has 0 saturated heterocycles. The van der Waals surface area contributed by atoms with E-state index in [1.807, 2.05) is 36.4 Å². The Kier molecular flexibility index (Phi) is 2.61. The number of benzene rings is 2. The van der Waals surface area contributed by atoms with E-state index < -0.39 is 0 Å². The van der Waals surface area contributed by atoms with Crippen LogP contribution in [0.15, 0.2) is 59.4 Å². The maximum atomic E-state index is 12.1. The van der Waals surface area contributed by atoms with Crippen molar-refractivity contribution < 1.29 is 0 Å². The number of fused-ring (bicyclic) bond motifs is 1. The van der Waals surface area contributed by atoms with Crippen LogP contribution in [0.5, 0.6) is 0 Å². The summed E-state index contributed by atoms with van der Waals surface area (Å²) in [5.41, 5.74) is 1.22. The van der Waals surface area contributed by atoms with E-state index in [-0.39, 0.29) is 5.56 Å².